The second-order valence-electron chi connectivity index (χ2n) is 7.10. The number of nitrogens with zero attached hydrogens (tertiary/aromatic N) is 2. The molecule has 0 bridgehead atoms. The fourth-order valence-electron chi connectivity index (χ4n) is 3.31. The van der Waals surface area contributed by atoms with Gasteiger partial charge in [0.2, 0.25) is 5.91 Å². The van der Waals surface area contributed by atoms with Crippen LogP contribution in [-0.4, -0.2) is 35.4 Å². The molecule has 1 unspecified atom stereocenters. The predicted molar refractivity (Wildman–Crippen MR) is 103 cm³/mol. The molecule has 0 saturated carbocycles. The number of amides is 1. The van der Waals surface area contributed by atoms with E-state index in [-0.39, 0.29) is 11.9 Å². The van der Waals surface area contributed by atoms with Crippen LogP contribution in [0.15, 0.2) is 29.6 Å². The molecule has 25 heavy (non-hydrogen) atoms. The number of nitrogens with one attached hydrogen (secondary N) is 1. The van der Waals surface area contributed by atoms with Gasteiger partial charge in [-0.2, -0.15) is 0 Å². The van der Waals surface area contributed by atoms with Crippen LogP contribution in [0.25, 0.3) is 0 Å². The van der Waals surface area contributed by atoms with Gasteiger partial charge in [-0.25, -0.2) is 0 Å². The SMILES string of the molecule is Cc1cccc(C2c3ccsc3CCN2C(=O)CNCCC(C)C)n1. The molecule has 0 fully saturated rings. The molecule has 1 aliphatic rings. The summed E-state index contributed by atoms with van der Waals surface area (Å²) in [6.45, 7) is 8.44. The van der Waals surface area contributed by atoms with Crippen LogP contribution in [0, 0.1) is 12.8 Å². The van der Waals surface area contributed by atoms with Crippen LogP contribution >= 0.6 is 11.3 Å². The third-order valence-electron chi connectivity index (χ3n) is 4.65. The molecule has 0 aliphatic carbocycles. The Hall–Kier alpha value is -1.72. The fraction of sp³-hybridized carbons (Fsp3) is 0.500. The Bertz CT molecular complexity index is 725. The summed E-state index contributed by atoms with van der Waals surface area (Å²) in [5.41, 5.74) is 3.20. The number of aromatic nitrogens is 1. The molecule has 1 atom stereocenters. The lowest BCUT2D eigenvalue weighted by Gasteiger charge is -2.36. The van der Waals surface area contributed by atoms with Crippen LogP contribution in [0.3, 0.4) is 0 Å². The standard InChI is InChI=1S/C20H27N3OS/c1-14(2)7-10-21-13-19(24)23-11-8-18-16(9-12-25-18)20(23)17-6-4-5-15(3)22-17/h4-6,9,12,14,20-21H,7-8,10-11,13H2,1-3H3. The van der Waals surface area contributed by atoms with Crippen LogP contribution in [0.4, 0.5) is 0 Å². The van der Waals surface area contributed by atoms with Crippen molar-refractivity contribution < 1.29 is 4.79 Å². The zero-order valence-corrected chi connectivity index (χ0v) is 16.1. The Morgan fingerprint density at radius 2 is 2.24 bits per heavy atom. The summed E-state index contributed by atoms with van der Waals surface area (Å²) in [6, 6.07) is 8.16. The molecule has 5 heteroatoms. The molecule has 134 valence electrons. The second-order valence-corrected chi connectivity index (χ2v) is 8.10. The van der Waals surface area contributed by atoms with Crippen LogP contribution in [0.1, 0.15) is 48.1 Å². The van der Waals surface area contributed by atoms with Crippen molar-refractivity contribution in [2.75, 3.05) is 19.6 Å². The van der Waals surface area contributed by atoms with E-state index in [0.29, 0.717) is 12.5 Å². The highest BCUT2D eigenvalue weighted by Gasteiger charge is 2.33. The van der Waals surface area contributed by atoms with Crippen molar-refractivity contribution >= 4 is 17.2 Å². The summed E-state index contributed by atoms with van der Waals surface area (Å²) in [4.78, 5) is 21.0. The maximum atomic E-state index is 12.9. The second kappa shape index (κ2) is 8.11. The first-order valence-electron chi connectivity index (χ1n) is 9.06. The van der Waals surface area contributed by atoms with E-state index in [1.807, 2.05) is 30.0 Å². The van der Waals surface area contributed by atoms with E-state index in [1.165, 1.54) is 10.4 Å². The lowest BCUT2D eigenvalue weighted by Crippen LogP contribution is -2.44. The summed E-state index contributed by atoms with van der Waals surface area (Å²) in [5, 5.41) is 5.43. The van der Waals surface area contributed by atoms with Crippen molar-refractivity contribution in [3.05, 3.63) is 51.5 Å². The van der Waals surface area contributed by atoms with E-state index in [2.05, 4.69) is 30.6 Å². The molecule has 0 aromatic carbocycles. The number of carbonyl (C=O) groups is 1. The molecule has 0 saturated heterocycles. The van der Waals surface area contributed by atoms with Crippen molar-refractivity contribution in [3.63, 3.8) is 0 Å². The highest BCUT2D eigenvalue weighted by atomic mass is 32.1. The van der Waals surface area contributed by atoms with Gasteiger partial charge in [0.15, 0.2) is 0 Å². The molecule has 0 spiro atoms. The number of thiophene rings is 1. The van der Waals surface area contributed by atoms with Crippen molar-refractivity contribution in [1.82, 2.24) is 15.2 Å². The van der Waals surface area contributed by atoms with Gasteiger partial charge in [0.05, 0.1) is 12.2 Å². The monoisotopic (exact) mass is 357 g/mol. The fourth-order valence-corrected chi connectivity index (χ4v) is 4.21. The van der Waals surface area contributed by atoms with E-state index in [9.17, 15) is 4.79 Å². The maximum absolute atomic E-state index is 12.9. The van der Waals surface area contributed by atoms with Gasteiger partial charge >= 0.3 is 0 Å². The first-order chi connectivity index (χ1) is 12.1. The van der Waals surface area contributed by atoms with Gasteiger partial charge < -0.3 is 10.2 Å². The molecule has 2 aromatic rings. The normalized spacial score (nSPS) is 17.0. The Balaban J connectivity index is 1.79. The average Bonchev–Trinajstić information content (AvgIpc) is 3.06. The van der Waals surface area contributed by atoms with Gasteiger partial charge in [-0.05, 0) is 61.4 Å². The molecule has 1 N–H and O–H groups in total. The summed E-state index contributed by atoms with van der Waals surface area (Å²) in [7, 11) is 0. The van der Waals surface area contributed by atoms with Gasteiger partial charge in [-0.15, -0.1) is 11.3 Å². The lowest BCUT2D eigenvalue weighted by molar-refractivity contribution is -0.132. The van der Waals surface area contributed by atoms with Gasteiger partial charge in [0, 0.05) is 17.1 Å². The van der Waals surface area contributed by atoms with Crippen molar-refractivity contribution in [2.24, 2.45) is 5.92 Å². The van der Waals surface area contributed by atoms with E-state index in [0.717, 1.165) is 37.3 Å². The minimum atomic E-state index is -0.0608. The van der Waals surface area contributed by atoms with Gasteiger partial charge in [-0.1, -0.05) is 19.9 Å². The third-order valence-corrected chi connectivity index (χ3v) is 5.65. The number of pyridine rings is 1. The smallest absolute Gasteiger partial charge is 0.237 e. The van der Waals surface area contributed by atoms with E-state index < -0.39 is 0 Å². The summed E-state index contributed by atoms with van der Waals surface area (Å²) in [6.07, 6.45) is 2.03. The summed E-state index contributed by atoms with van der Waals surface area (Å²) >= 11 is 1.79. The van der Waals surface area contributed by atoms with Crippen LogP contribution < -0.4 is 5.32 Å². The van der Waals surface area contributed by atoms with Crippen LogP contribution in [-0.2, 0) is 11.2 Å². The number of rotatable bonds is 6. The maximum Gasteiger partial charge on any atom is 0.237 e. The quantitative estimate of drug-likeness (QED) is 0.804. The first kappa shape index (κ1) is 18.1. The molecular formula is C20H27N3OS. The molecular weight excluding hydrogens is 330 g/mol. The Morgan fingerprint density at radius 1 is 1.40 bits per heavy atom. The van der Waals surface area contributed by atoms with Gasteiger partial charge in [0.25, 0.3) is 0 Å². The van der Waals surface area contributed by atoms with Crippen LogP contribution in [0.2, 0.25) is 0 Å². The van der Waals surface area contributed by atoms with E-state index in [1.54, 1.807) is 11.3 Å². The minimum Gasteiger partial charge on any atom is -0.328 e. The highest BCUT2D eigenvalue weighted by molar-refractivity contribution is 7.10. The third kappa shape index (κ3) is 4.28. The molecule has 2 aromatic heterocycles. The predicted octanol–water partition coefficient (Wildman–Crippen LogP) is 3.56. The Labute approximate surface area is 154 Å². The first-order valence-corrected chi connectivity index (χ1v) is 9.94. The Morgan fingerprint density at radius 3 is 3.00 bits per heavy atom. The van der Waals surface area contributed by atoms with E-state index >= 15 is 0 Å². The summed E-state index contributed by atoms with van der Waals surface area (Å²) in [5.74, 6) is 0.809. The number of hydrogen-bond acceptors (Lipinski definition) is 4. The minimum absolute atomic E-state index is 0.0608. The molecule has 3 heterocycles. The number of aryl methyl sites for hydroxylation is 1. The molecule has 1 aliphatic heterocycles. The topological polar surface area (TPSA) is 45.2 Å². The number of carbonyl (C=O) groups excluding carboxylic acids is 1. The van der Waals surface area contributed by atoms with Crippen molar-refractivity contribution in [2.45, 2.75) is 39.7 Å². The van der Waals surface area contributed by atoms with Crippen molar-refractivity contribution in [1.29, 1.82) is 0 Å². The molecule has 1 amide bonds. The van der Waals surface area contributed by atoms with E-state index in [4.69, 9.17) is 4.98 Å². The highest BCUT2D eigenvalue weighted by Crippen LogP contribution is 2.37. The van der Waals surface area contributed by atoms with Gasteiger partial charge in [0.1, 0.15) is 6.04 Å². The molecule has 0 radical (unpaired) electrons. The molecule has 4 nitrogen and oxygen atoms in total. The number of fused-ring (bicyclic) bond motifs is 1. The Kier molecular flexibility index (Phi) is 5.86. The summed E-state index contributed by atoms with van der Waals surface area (Å²) < 4.78 is 0. The van der Waals surface area contributed by atoms with Gasteiger partial charge in [-0.3, -0.25) is 9.78 Å². The molecule has 3 rings (SSSR count). The average molecular weight is 358 g/mol. The lowest BCUT2D eigenvalue weighted by atomic mass is 9.96. The zero-order valence-electron chi connectivity index (χ0n) is 15.3. The zero-order chi connectivity index (χ0) is 17.8. The van der Waals surface area contributed by atoms with Crippen molar-refractivity contribution in [3.8, 4) is 0 Å². The largest absolute Gasteiger partial charge is 0.328 e. The number of hydrogen-bond donors (Lipinski definition) is 1. The van der Waals surface area contributed by atoms with Crippen LogP contribution in [0.5, 0.6) is 0 Å².